The number of carbonyl (C=O) groups excluding carboxylic acids is 1. The van der Waals surface area contributed by atoms with Gasteiger partial charge in [-0.05, 0) is 36.2 Å². The number of carbonyl (C=O) groups is 1. The molecule has 0 bridgehead atoms. The Morgan fingerprint density at radius 1 is 1.26 bits per heavy atom. The molecule has 23 heavy (non-hydrogen) atoms. The number of hydrogen-bond donors (Lipinski definition) is 1. The van der Waals surface area contributed by atoms with E-state index in [2.05, 4.69) is 10.3 Å². The highest BCUT2D eigenvalue weighted by molar-refractivity contribution is 5.92. The number of ether oxygens (including phenoxy) is 1. The first-order valence-electron chi connectivity index (χ1n) is 7.44. The van der Waals surface area contributed by atoms with Crippen LogP contribution >= 0.6 is 0 Å². The van der Waals surface area contributed by atoms with E-state index in [0.717, 1.165) is 16.8 Å². The van der Waals surface area contributed by atoms with Gasteiger partial charge in [-0.15, -0.1) is 0 Å². The first-order valence-corrected chi connectivity index (χ1v) is 7.44. The highest BCUT2D eigenvalue weighted by Crippen LogP contribution is 2.20. The Morgan fingerprint density at radius 2 is 2.13 bits per heavy atom. The smallest absolute Gasteiger partial charge is 0.224 e. The van der Waals surface area contributed by atoms with Crippen LogP contribution in [0.5, 0.6) is 5.75 Å². The largest absolute Gasteiger partial charge is 0.497 e. The molecule has 1 N–H and O–H groups in total. The average Bonchev–Trinajstić information content (AvgIpc) is 2.92. The molecule has 5 heteroatoms. The van der Waals surface area contributed by atoms with E-state index in [-0.39, 0.29) is 5.91 Å². The zero-order valence-corrected chi connectivity index (χ0v) is 13.1. The van der Waals surface area contributed by atoms with Crippen molar-refractivity contribution >= 4 is 22.7 Å². The SMILES string of the molecule is COc1cccc(CCC(=O)Nc2ccc3nc(C)oc3c2)c1. The van der Waals surface area contributed by atoms with Crippen molar-refractivity contribution in [1.82, 2.24) is 4.98 Å². The number of oxazole rings is 1. The molecule has 3 rings (SSSR count). The van der Waals surface area contributed by atoms with Crippen molar-refractivity contribution in [2.24, 2.45) is 0 Å². The molecule has 0 unspecified atom stereocenters. The number of methoxy groups -OCH3 is 1. The topological polar surface area (TPSA) is 64.4 Å². The number of benzene rings is 2. The van der Waals surface area contributed by atoms with E-state index in [1.807, 2.05) is 36.4 Å². The summed E-state index contributed by atoms with van der Waals surface area (Å²) in [4.78, 5) is 16.3. The fourth-order valence-electron chi connectivity index (χ4n) is 2.43. The van der Waals surface area contributed by atoms with Gasteiger partial charge in [0.05, 0.1) is 7.11 Å². The number of fused-ring (bicyclic) bond motifs is 1. The lowest BCUT2D eigenvalue weighted by Crippen LogP contribution is -2.12. The summed E-state index contributed by atoms with van der Waals surface area (Å²) in [5.74, 6) is 1.37. The fourth-order valence-corrected chi connectivity index (χ4v) is 2.43. The summed E-state index contributed by atoms with van der Waals surface area (Å²) in [6.45, 7) is 1.80. The molecular formula is C18H18N2O3. The molecule has 3 aromatic rings. The van der Waals surface area contributed by atoms with Gasteiger partial charge in [0.15, 0.2) is 11.5 Å². The Labute approximate surface area is 134 Å². The van der Waals surface area contributed by atoms with Gasteiger partial charge in [-0.25, -0.2) is 4.98 Å². The summed E-state index contributed by atoms with van der Waals surface area (Å²) in [6.07, 6.45) is 1.06. The first kappa shape index (κ1) is 15.1. The predicted octanol–water partition coefficient (Wildman–Crippen LogP) is 3.72. The zero-order valence-electron chi connectivity index (χ0n) is 13.1. The minimum absolute atomic E-state index is 0.0385. The molecule has 0 aliphatic carbocycles. The van der Waals surface area contributed by atoms with Gasteiger partial charge in [0, 0.05) is 25.1 Å². The Morgan fingerprint density at radius 3 is 2.96 bits per heavy atom. The number of rotatable bonds is 5. The maximum atomic E-state index is 12.1. The highest BCUT2D eigenvalue weighted by atomic mass is 16.5. The van der Waals surface area contributed by atoms with Crippen molar-refractivity contribution in [2.45, 2.75) is 19.8 Å². The lowest BCUT2D eigenvalue weighted by atomic mass is 10.1. The second-order valence-corrected chi connectivity index (χ2v) is 5.32. The van der Waals surface area contributed by atoms with E-state index in [0.29, 0.717) is 30.0 Å². The minimum Gasteiger partial charge on any atom is -0.497 e. The molecule has 0 saturated heterocycles. The van der Waals surface area contributed by atoms with Gasteiger partial charge in [-0.2, -0.15) is 0 Å². The van der Waals surface area contributed by atoms with Crippen molar-refractivity contribution in [1.29, 1.82) is 0 Å². The van der Waals surface area contributed by atoms with E-state index in [1.165, 1.54) is 0 Å². The van der Waals surface area contributed by atoms with Crippen molar-refractivity contribution in [3.8, 4) is 5.75 Å². The number of aromatic nitrogens is 1. The monoisotopic (exact) mass is 310 g/mol. The molecule has 0 radical (unpaired) electrons. The van der Waals surface area contributed by atoms with E-state index < -0.39 is 0 Å². The molecule has 1 heterocycles. The zero-order chi connectivity index (χ0) is 16.2. The van der Waals surface area contributed by atoms with Crippen LogP contribution in [-0.4, -0.2) is 18.0 Å². The van der Waals surface area contributed by atoms with Crippen LogP contribution in [0.1, 0.15) is 17.9 Å². The van der Waals surface area contributed by atoms with E-state index in [9.17, 15) is 4.79 Å². The number of amides is 1. The Balaban J connectivity index is 1.61. The third-order valence-electron chi connectivity index (χ3n) is 3.55. The first-order chi connectivity index (χ1) is 11.1. The molecule has 0 fully saturated rings. The Kier molecular flexibility index (Phi) is 4.28. The maximum Gasteiger partial charge on any atom is 0.224 e. The summed E-state index contributed by atoms with van der Waals surface area (Å²) in [7, 11) is 1.63. The van der Waals surface area contributed by atoms with Crippen LogP contribution < -0.4 is 10.1 Å². The van der Waals surface area contributed by atoms with E-state index in [4.69, 9.17) is 9.15 Å². The summed E-state index contributed by atoms with van der Waals surface area (Å²) in [5.41, 5.74) is 3.25. The van der Waals surface area contributed by atoms with Crippen LogP contribution in [0.2, 0.25) is 0 Å². The number of aryl methyl sites for hydroxylation is 2. The van der Waals surface area contributed by atoms with Gasteiger partial charge in [0.2, 0.25) is 5.91 Å². The highest BCUT2D eigenvalue weighted by Gasteiger charge is 2.07. The van der Waals surface area contributed by atoms with Crippen molar-refractivity contribution in [3.05, 3.63) is 53.9 Å². The van der Waals surface area contributed by atoms with Gasteiger partial charge >= 0.3 is 0 Å². The maximum absolute atomic E-state index is 12.1. The summed E-state index contributed by atoms with van der Waals surface area (Å²) in [6, 6.07) is 13.2. The second-order valence-electron chi connectivity index (χ2n) is 5.32. The number of nitrogens with one attached hydrogen (secondary N) is 1. The molecule has 0 saturated carbocycles. The minimum atomic E-state index is -0.0385. The third kappa shape index (κ3) is 3.69. The second kappa shape index (κ2) is 6.52. The van der Waals surface area contributed by atoms with Crippen LogP contribution in [0.4, 0.5) is 5.69 Å². The molecular weight excluding hydrogens is 292 g/mol. The molecule has 5 nitrogen and oxygen atoms in total. The predicted molar refractivity (Wildman–Crippen MR) is 88.7 cm³/mol. The molecule has 2 aromatic carbocycles. The van der Waals surface area contributed by atoms with Crippen LogP contribution in [0.15, 0.2) is 46.9 Å². The van der Waals surface area contributed by atoms with E-state index in [1.54, 1.807) is 20.1 Å². The average molecular weight is 310 g/mol. The quantitative estimate of drug-likeness (QED) is 0.780. The molecule has 0 spiro atoms. The van der Waals surface area contributed by atoms with Gasteiger partial charge in [-0.3, -0.25) is 4.79 Å². The summed E-state index contributed by atoms with van der Waals surface area (Å²) < 4.78 is 10.7. The van der Waals surface area contributed by atoms with Crippen LogP contribution in [-0.2, 0) is 11.2 Å². The standard InChI is InChI=1S/C18H18N2O3/c1-12-19-16-8-7-14(11-17(16)23-12)20-18(21)9-6-13-4-3-5-15(10-13)22-2/h3-5,7-8,10-11H,6,9H2,1-2H3,(H,20,21). The molecule has 118 valence electrons. The lowest BCUT2D eigenvalue weighted by molar-refractivity contribution is -0.116. The van der Waals surface area contributed by atoms with Gasteiger partial charge in [0.1, 0.15) is 11.3 Å². The van der Waals surface area contributed by atoms with Crippen LogP contribution in [0.3, 0.4) is 0 Å². The van der Waals surface area contributed by atoms with Crippen LogP contribution in [0, 0.1) is 6.92 Å². The number of hydrogen-bond acceptors (Lipinski definition) is 4. The molecule has 0 aliphatic rings. The molecule has 0 atom stereocenters. The molecule has 1 amide bonds. The fraction of sp³-hybridized carbons (Fsp3) is 0.222. The number of anilines is 1. The van der Waals surface area contributed by atoms with Gasteiger partial charge in [-0.1, -0.05) is 12.1 Å². The summed E-state index contributed by atoms with van der Waals surface area (Å²) in [5, 5.41) is 2.88. The normalized spacial score (nSPS) is 10.7. The van der Waals surface area contributed by atoms with E-state index >= 15 is 0 Å². The molecule has 0 aliphatic heterocycles. The third-order valence-corrected chi connectivity index (χ3v) is 3.55. The van der Waals surface area contributed by atoms with Gasteiger partial charge in [0.25, 0.3) is 0 Å². The lowest BCUT2D eigenvalue weighted by Gasteiger charge is -2.06. The van der Waals surface area contributed by atoms with Crippen molar-refractivity contribution in [3.63, 3.8) is 0 Å². The summed E-state index contributed by atoms with van der Waals surface area (Å²) >= 11 is 0. The van der Waals surface area contributed by atoms with Crippen molar-refractivity contribution < 1.29 is 13.9 Å². The van der Waals surface area contributed by atoms with Crippen molar-refractivity contribution in [2.75, 3.05) is 12.4 Å². The Bertz CT molecular complexity index is 839. The molecule has 1 aromatic heterocycles. The van der Waals surface area contributed by atoms with Gasteiger partial charge < -0.3 is 14.5 Å². The number of nitrogens with zero attached hydrogens (tertiary/aromatic N) is 1. The Hall–Kier alpha value is -2.82. The van der Waals surface area contributed by atoms with Crippen LogP contribution in [0.25, 0.3) is 11.1 Å².